The zero-order valence-corrected chi connectivity index (χ0v) is 14.7. The molecule has 0 aliphatic rings. The van der Waals surface area contributed by atoms with Crippen LogP contribution in [0.1, 0.15) is 20.8 Å². The summed E-state index contributed by atoms with van der Waals surface area (Å²) in [6.07, 6.45) is 0.140. The van der Waals surface area contributed by atoms with E-state index in [9.17, 15) is 4.79 Å². The normalized spacial score (nSPS) is 10.2. The molecule has 0 unspecified atom stereocenters. The predicted molar refractivity (Wildman–Crippen MR) is 97.2 cm³/mol. The predicted octanol–water partition coefficient (Wildman–Crippen LogP) is 4.29. The number of carbonyl (C=O) groups is 1. The molecule has 0 bridgehead atoms. The molecule has 0 atom stereocenters. The molecule has 1 amide bonds. The van der Waals surface area contributed by atoms with Crippen LogP contribution in [-0.4, -0.2) is 18.6 Å². The number of nitrogens with one attached hydrogen (secondary N) is 1. The molecule has 0 saturated carbocycles. The van der Waals surface area contributed by atoms with Crippen LogP contribution in [-0.2, 0) is 4.79 Å². The van der Waals surface area contributed by atoms with Gasteiger partial charge in [0.15, 0.2) is 0 Å². The van der Waals surface area contributed by atoms with Crippen LogP contribution in [0.5, 0.6) is 23.0 Å². The minimum absolute atomic E-state index is 0.140. The molecule has 5 nitrogen and oxygen atoms in total. The van der Waals surface area contributed by atoms with Gasteiger partial charge in [0.25, 0.3) is 0 Å². The Labute approximate surface area is 148 Å². The fraction of sp³-hybridized carbons (Fsp3) is 0.250. The monoisotopic (exact) mass is 341 g/mol. The molecular weight excluding hydrogens is 318 g/mol. The highest BCUT2D eigenvalue weighted by molar-refractivity contribution is 5.74. The number of benzene rings is 2. The lowest BCUT2D eigenvalue weighted by Crippen LogP contribution is -2.22. The maximum atomic E-state index is 10.9. The van der Waals surface area contributed by atoms with Gasteiger partial charge in [0, 0.05) is 12.6 Å². The molecule has 0 fully saturated rings. The third-order valence-electron chi connectivity index (χ3n) is 3.02. The first-order valence-electron chi connectivity index (χ1n) is 8.05. The van der Waals surface area contributed by atoms with Crippen LogP contribution in [0.15, 0.2) is 60.8 Å². The largest absolute Gasteiger partial charge is 0.491 e. The number of rotatable bonds is 8. The quantitative estimate of drug-likeness (QED) is 0.778. The van der Waals surface area contributed by atoms with Crippen molar-refractivity contribution >= 4 is 5.91 Å². The SMILES string of the molecule is C=C(COc1ccc(Oc2ccc(OC(C)C)cc2)cc1)NC(C)=O. The Hall–Kier alpha value is -2.95. The molecule has 1 N–H and O–H groups in total. The van der Waals surface area contributed by atoms with Gasteiger partial charge in [-0.25, -0.2) is 0 Å². The van der Waals surface area contributed by atoms with Crippen molar-refractivity contribution in [1.29, 1.82) is 0 Å². The lowest BCUT2D eigenvalue weighted by Gasteiger charge is -2.11. The van der Waals surface area contributed by atoms with Gasteiger partial charge in [-0.1, -0.05) is 6.58 Å². The number of amides is 1. The third-order valence-corrected chi connectivity index (χ3v) is 3.02. The van der Waals surface area contributed by atoms with Crippen LogP contribution in [0, 0.1) is 0 Å². The Morgan fingerprint density at radius 1 is 0.960 bits per heavy atom. The molecule has 2 aromatic rings. The lowest BCUT2D eigenvalue weighted by atomic mass is 10.3. The number of hydrogen-bond acceptors (Lipinski definition) is 4. The minimum Gasteiger partial charge on any atom is -0.491 e. The van der Waals surface area contributed by atoms with Crippen LogP contribution >= 0.6 is 0 Å². The van der Waals surface area contributed by atoms with Crippen LogP contribution in [0.25, 0.3) is 0 Å². The molecular formula is C20H23NO4. The summed E-state index contributed by atoms with van der Waals surface area (Å²) < 4.78 is 16.9. The fourth-order valence-electron chi connectivity index (χ4n) is 2.05. The van der Waals surface area contributed by atoms with E-state index in [0.29, 0.717) is 17.2 Å². The van der Waals surface area contributed by atoms with Crippen molar-refractivity contribution in [3.05, 3.63) is 60.8 Å². The molecule has 132 valence electrons. The van der Waals surface area contributed by atoms with Gasteiger partial charge in [-0.2, -0.15) is 0 Å². The molecule has 2 rings (SSSR count). The Kier molecular flexibility index (Phi) is 6.46. The Morgan fingerprint density at radius 3 is 1.92 bits per heavy atom. The first kappa shape index (κ1) is 18.4. The van der Waals surface area contributed by atoms with Crippen LogP contribution in [0.3, 0.4) is 0 Å². The molecule has 2 aromatic carbocycles. The second kappa shape index (κ2) is 8.78. The van der Waals surface area contributed by atoms with Crippen LogP contribution < -0.4 is 19.5 Å². The highest BCUT2D eigenvalue weighted by atomic mass is 16.5. The summed E-state index contributed by atoms with van der Waals surface area (Å²) in [6.45, 7) is 9.34. The molecule has 5 heteroatoms. The average molecular weight is 341 g/mol. The van der Waals surface area contributed by atoms with Gasteiger partial charge in [-0.15, -0.1) is 0 Å². The summed E-state index contributed by atoms with van der Waals surface area (Å²) in [5.41, 5.74) is 0.511. The maximum absolute atomic E-state index is 10.9. The summed E-state index contributed by atoms with van der Waals surface area (Å²) in [5, 5.41) is 2.58. The number of hydrogen-bond donors (Lipinski definition) is 1. The van der Waals surface area contributed by atoms with Crippen molar-refractivity contribution in [2.24, 2.45) is 0 Å². The molecule has 0 aliphatic carbocycles. The first-order valence-corrected chi connectivity index (χ1v) is 8.05. The first-order chi connectivity index (χ1) is 11.9. The third kappa shape index (κ3) is 6.59. The molecule has 0 saturated heterocycles. The van der Waals surface area contributed by atoms with E-state index >= 15 is 0 Å². The van der Waals surface area contributed by atoms with Crippen molar-refractivity contribution in [1.82, 2.24) is 5.32 Å². The van der Waals surface area contributed by atoms with Gasteiger partial charge in [-0.05, 0) is 62.4 Å². The second-order valence-electron chi connectivity index (χ2n) is 5.78. The Morgan fingerprint density at radius 2 is 1.44 bits per heavy atom. The van der Waals surface area contributed by atoms with Gasteiger partial charge < -0.3 is 19.5 Å². The molecule has 0 radical (unpaired) electrons. The zero-order chi connectivity index (χ0) is 18.2. The van der Waals surface area contributed by atoms with Crippen molar-refractivity contribution in [2.75, 3.05) is 6.61 Å². The van der Waals surface area contributed by atoms with E-state index in [1.165, 1.54) is 6.92 Å². The van der Waals surface area contributed by atoms with E-state index in [2.05, 4.69) is 11.9 Å². The molecule has 0 heterocycles. The molecule has 0 spiro atoms. The van der Waals surface area contributed by atoms with Crippen molar-refractivity contribution < 1.29 is 19.0 Å². The van der Waals surface area contributed by atoms with Gasteiger partial charge in [0.2, 0.25) is 5.91 Å². The second-order valence-corrected chi connectivity index (χ2v) is 5.78. The summed E-state index contributed by atoms with van der Waals surface area (Å²) in [6, 6.07) is 14.7. The highest BCUT2D eigenvalue weighted by Crippen LogP contribution is 2.26. The highest BCUT2D eigenvalue weighted by Gasteiger charge is 2.02. The molecule has 0 aromatic heterocycles. The van der Waals surface area contributed by atoms with Gasteiger partial charge in [0.1, 0.15) is 29.6 Å². The fourth-order valence-corrected chi connectivity index (χ4v) is 2.05. The van der Waals surface area contributed by atoms with Gasteiger partial charge in [0.05, 0.1) is 6.10 Å². The van der Waals surface area contributed by atoms with Crippen molar-refractivity contribution in [2.45, 2.75) is 26.9 Å². The summed E-state index contributed by atoms with van der Waals surface area (Å²) in [5.74, 6) is 2.74. The minimum atomic E-state index is -0.165. The zero-order valence-electron chi connectivity index (χ0n) is 14.7. The van der Waals surface area contributed by atoms with Gasteiger partial charge in [-0.3, -0.25) is 4.79 Å². The Balaban J connectivity index is 1.87. The van der Waals surface area contributed by atoms with Crippen molar-refractivity contribution in [3.63, 3.8) is 0 Å². The summed E-state index contributed by atoms with van der Waals surface area (Å²) in [7, 11) is 0. The number of carbonyl (C=O) groups excluding carboxylic acids is 1. The van der Waals surface area contributed by atoms with E-state index in [0.717, 1.165) is 11.5 Å². The number of ether oxygens (including phenoxy) is 3. The van der Waals surface area contributed by atoms with E-state index < -0.39 is 0 Å². The summed E-state index contributed by atoms with van der Waals surface area (Å²) in [4.78, 5) is 10.9. The smallest absolute Gasteiger partial charge is 0.221 e. The van der Waals surface area contributed by atoms with Gasteiger partial charge >= 0.3 is 0 Å². The van der Waals surface area contributed by atoms with Crippen LogP contribution in [0.2, 0.25) is 0 Å². The Bertz CT molecular complexity index is 705. The molecule has 25 heavy (non-hydrogen) atoms. The van der Waals surface area contributed by atoms with Crippen molar-refractivity contribution in [3.8, 4) is 23.0 Å². The molecule has 0 aliphatic heterocycles. The van der Waals surface area contributed by atoms with E-state index in [1.807, 2.05) is 50.2 Å². The maximum Gasteiger partial charge on any atom is 0.221 e. The lowest BCUT2D eigenvalue weighted by molar-refractivity contribution is -0.118. The van der Waals surface area contributed by atoms with E-state index in [4.69, 9.17) is 14.2 Å². The van der Waals surface area contributed by atoms with E-state index in [-0.39, 0.29) is 18.6 Å². The standard InChI is InChI=1S/C20H23NO4/c1-14(2)24-18-9-11-20(12-10-18)25-19-7-5-17(6-8-19)23-13-15(3)21-16(4)22/h5-12,14H,3,13H2,1-2,4H3,(H,21,22). The van der Waals surface area contributed by atoms with E-state index in [1.54, 1.807) is 12.1 Å². The topological polar surface area (TPSA) is 56.8 Å². The average Bonchev–Trinajstić information content (AvgIpc) is 2.55. The van der Waals surface area contributed by atoms with Crippen LogP contribution in [0.4, 0.5) is 0 Å². The summed E-state index contributed by atoms with van der Waals surface area (Å²) >= 11 is 0.